The Labute approximate surface area is 124 Å². The summed E-state index contributed by atoms with van der Waals surface area (Å²) in [6.45, 7) is 5.11. The third kappa shape index (κ3) is 3.42. The largest absolute Gasteiger partial charge is 0.381 e. The molecule has 0 unspecified atom stereocenters. The molecular weight excluding hydrogens is 274 g/mol. The van der Waals surface area contributed by atoms with Crippen LogP contribution >= 0.6 is 0 Å². The molecule has 0 aliphatic carbocycles. The van der Waals surface area contributed by atoms with Crippen molar-refractivity contribution in [3.05, 3.63) is 35.4 Å². The van der Waals surface area contributed by atoms with E-state index in [1.54, 1.807) is 6.07 Å². The van der Waals surface area contributed by atoms with Crippen LogP contribution in [-0.2, 0) is 4.74 Å². The van der Waals surface area contributed by atoms with Crippen LogP contribution in [0.5, 0.6) is 0 Å². The first kappa shape index (κ1) is 14.9. The quantitative estimate of drug-likeness (QED) is 0.926. The molecule has 0 saturated carbocycles. The molecule has 0 radical (unpaired) electrons. The number of hydrogen-bond donors (Lipinski definition) is 1. The lowest BCUT2D eigenvalue weighted by Gasteiger charge is -2.41. The number of ether oxygens (including phenoxy) is 1. The van der Waals surface area contributed by atoms with Crippen molar-refractivity contribution in [3.8, 4) is 0 Å². The summed E-state index contributed by atoms with van der Waals surface area (Å²) in [7, 11) is 0. The highest BCUT2D eigenvalue weighted by molar-refractivity contribution is 5.23. The number of piperazine rings is 1. The van der Waals surface area contributed by atoms with Crippen LogP contribution < -0.4 is 5.32 Å². The number of hydrogen-bond acceptors (Lipinski definition) is 3. The molecule has 0 spiro atoms. The molecule has 21 heavy (non-hydrogen) atoms. The van der Waals surface area contributed by atoms with Gasteiger partial charge in [-0.05, 0) is 24.8 Å². The first-order valence-electron chi connectivity index (χ1n) is 7.73. The zero-order chi connectivity index (χ0) is 14.7. The van der Waals surface area contributed by atoms with Gasteiger partial charge < -0.3 is 10.1 Å². The molecule has 5 heteroatoms. The van der Waals surface area contributed by atoms with E-state index < -0.39 is 11.6 Å². The predicted octanol–water partition coefficient (Wildman–Crippen LogP) is 2.34. The van der Waals surface area contributed by atoms with E-state index in [1.165, 1.54) is 6.07 Å². The molecular formula is C16H22F2N2O. The lowest BCUT2D eigenvalue weighted by atomic mass is 9.85. The van der Waals surface area contributed by atoms with Crippen molar-refractivity contribution in [2.45, 2.75) is 18.9 Å². The van der Waals surface area contributed by atoms with Gasteiger partial charge in [-0.15, -0.1) is 0 Å². The predicted molar refractivity (Wildman–Crippen MR) is 77.1 cm³/mol. The minimum atomic E-state index is -0.512. The Morgan fingerprint density at radius 1 is 1.14 bits per heavy atom. The van der Waals surface area contributed by atoms with Gasteiger partial charge in [0.25, 0.3) is 0 Å². The minimum absolute atomic E-state index is 0.0246. The van der Waals surface area contributed by atoms with Gasteiger partial charge in [0.15, 0.2) is 0 Å². The molecule has 116 valence electrons. The van der Waals surface area contributed by atoms with E-state index in [2.05, 4.69) is 10.2 Å². The molecule has 2 aliphatic heterocycles. The molecule has 0 bridgehead atoms. The van der Waals surface area contributed by atoms with Crippen LogP contribution in [0.3, 0.4) is 0 Å². The van der Waals surface area contributed by atoms with Crippen LogP contribution in [0.15, 0.2) is 18.2 Å². The van der Waals surface area contributed by atoms with Gasteiger partial charge in [-0.25, -0.2) is 8.78 Å². The lowest BCUT2D eigenvalue weighted by molar-refractivity contribution is 0.0202. The van der Waals surface area contributed by atoms with Crippen molar-refractivity contribution in [2.24, 2.45) is 5.92 Å². The Bertz CT molecular complexity index is 453. The summed E-state index contributed by atoms with van der Waals surface area (Å²) in [6.07, 6.45) is 1.87. The van der Waals surface area contributed by atoms with Gasteiger partial charge in [-0.3, -0.25) is 4.90 Å². The summed E-state index contributed by atoms with van der Waals surface area (Å²) in [4.78, 5) is 2.34. The summed E-state index contributed by atoms with van der Waals surface area (Å²) in [6, 6.07) is 4.01. The van der Waals surface area contributed by atoms with E-state index in [0.717, 1.165) is 58.3 Å². The molecule has 0 amide bonds. The Kier molecular flexibility index (Phi) is 4.83. The van der Waals surface area contributed by atoms with Crippen molar-refractivity contribution in [1.29, 1.82) is 0 Å². The number of nitrogens with one attached hydrogen (secondary N) is 1. The maximum atomic E-state index is 14.3. The van der Waals surface area contributed by atoms with Gasteiger partial charge in [0.05, 0.1) is 0 Å². The molecule has 3 nitrogen and oxygen atoms in total. The molecule has 1 atom stereocenters. The van der Waals surface area contributed by atoms with Gasteiger partial charge in [0.1, 0.15) is 11.6 Å². The molecule has 2 heterocycles. The van der Waals surface area contributed by atoms with Crippen LogP contribution in [0.4, 0.5) is 8.78 Å². The molecule has 1 aromatic carbocycles. The topological polar surface area (TPSA) is 24.5 Å². The van der Waals surface area contributed by atoms with E-state index in [0.29, 0.717) is 11.5 Å². The highest BCUT2D eigenvalue weighted by atomic mass is 19.1. The first-order chi connectivity index (χ1) is 10.3. The second kappa shape index (κ2) is 6.81. The highest BCUT2D eigenvalue weighted by Crippen LogP contribution is 2.36. The average Bonchev–Trinajstić information content (AvgIpc) is 2.52. The summed E-state index contributed by atoms with van der Waals surface area (Å²) >= 11 is 0. The van der Waals surface area contributed by atoms with E-state index >= 15 is 0 Å². The number of nitrogens with zero attached hydrogens (tertiary/aromatic N) is 1. The zero-order valence-corrected chi connectivity index (χ0v) is 12.2. The van der Waals surface area contributed by atoms with Crippen molar-refractivity contribution in [1.82, 2.24) is 10.2 Å². The van der Waals surface area contributed by atoms with E-state index in [1.807, 2.05) is 0 Å². The summed E-state index contributed by atoms with van der Waals surface area (Å²) in [5, 5.41) is 3.33. The summed E-state index contributed by atoms with van der Waals surface area (Å²) in [5.74, 6) is -0.566. The zero-order valence-electron chi connectivity index (χ0n) is 12.2. The number of rotatable bonds is 3. The Hall–Kier alpha value is -1.04. The number of halogens is 2. The second-order valence-corrected chi connectivity index (χ2v) is 5.85. The average molecular weight is 296 g/mol. The van der Waals surface area contributed by atoms with Crippen molar-refractivity contribution in [3.63, 3.8) is 0 Å². The summed E-state index contributed by atoms with van der Waals surface area (Å²) in [5.41, 5.74) is 0.630. The smallest absolute Gasteiger partial charge is 0.130 e. The summed E-state index contributed by atoms with van der Waals surface area (Å²) < 4.78 is 32.9. The van der Waals surface area contributed by atoms with Gasteiger partial charge in [0, 0.05) is 57.1 Å². The van der Waals surface area contributed by atoms with Crippen LogP contribution in [-0.4, -0.2) is 44.3 Å². The minimum Gasteiger partial charge on any atom is -0.381 e. The van der Waals surface area contributed by atoms with Crippen LogP contribution in [0, 0.1) is 17.6 Å². The van der Waals surface area contributed by atoms with Gasteiger partial charge >= 0.3 is 0 Å². The molecule has 2 aliphatic rings. The van der Waals surface area contributed by atoms with E-state index in [9.17, 15) is 8.78 Å². The van der Waals surface area contributed by atoms with Crippen molar-refractivity contribution >= 4 is 0 Å². The number of benzene rings is 1. The fourth-order valence-corrected chi connectivity index (χ4v) is 3.48. The molecule has 2 fully saturated rings. The fourth-order valence-electron chi connectivity index (χ4n) is 3.48. The molecule has 1 aromatic rings. The van der Waals surface area contributed by atoms with E-state index in [-0.39, 0.29) is 6.04 Å². The normalized spacial score (nSPS) is 23.1. The van der Waals surface area contributed by atoms with Crippen molar-refractivity contribution in [2.75, 3.05) is 39.4 Å². The second-order valence-electron chi connectivity index (χ2n) is 5.85. The van der Waals surface area contributed by atoms with Gasteiger partial charge in [-0.2, -0.15) is 0 Å². The Morgan fingerprint density at radius 3 is 2.52 bits per heavy atom. The monoisotopic (exact) mass is 296 g/mol. The maximum Gasteiger partial charge on any atom is 0.130 e. The van der Waals surface area contributed by atoms with E-state index in [4.69, 9.17) is 4.74 Å². The Morgan fingerprint density at radius 2 is 1.86 bits per heavy atom. The highest BCUT2D eigenvalue weighted by Gasteiger charge is 2.32. The SMILES string of the molecule is Fc1ccc([C@H](C2CCOCC2)N2CCNCC2)c(F)c1. The van der Waals surface area contributed by atoms with Crippen LogP contribution in [0.1, 0.15) is 24.4 Å². The molecule has 2 saturated heterocycles. The lowest BCUT2D eigenvalue weighted by Crippen LogP contribution is -2.47. The Balaban J connectivity index is 1.89. The molecule has 0 aromatic heterocycles. The maximum absolute atomic E-state index is 14.3. The standard InChI is InChI=1S/C16H22F2N2O/c17-13-1-2-14(15(18)11-13)16(12-3-9-21-10-4-12)20-7-5-19-6-8-20/h1-2,11-12,16,19H,3-10H2/t16-/m0/s1. The molecule has 1 N–H and O–H groups in total. The van der Waals surface area contributed by atoms with Gasteiger partial charge in [0.2, 0.25) is 0 Å². The third-order valence-corrected chi connectivity index (χ3v) is 4.54. The fraction of sp³-hybridized carbons (Fsp3) is 0.625. The van der Waals surface area contributed by atoms with Crippen molar-refractivity contribution < 1.29 is 13.5 Å². The van der Waals surface area contributed by atoms with Gasteiger partial charge in [-0.1, -0.05) is 6.07 Å². The third-order valence-electron chi connectivity index (χ3n) is 4.54. The first-order valence-corrected chi connectivity index (χ1v) is 7.73. The van der Waals surface area contributed by atoms with Crippen LogP contribution in [0.25, 0.3) is 0 Å². The molecule has 3 rings (SSSR count). The van der Waals surface area contributed by atoms with Crippen LogP contribution in [0.2, 0.25) is 0 Å².